The van der Waals surface area contributed by atoms with Crippen LogP contribution < -0.4 is 4.74 Å². The molecule has 0 bridgehead atoms. The lowest BCUT2D eigenvalue weighted by atomic mass is 10.2. The molecule has 0 aliphatic heterocycles. The van der Waals surface area contributed by atoms with Crippen LogP contribution in [0.1, 0.15) is 5.56 Å². The predicted octanol–water partition coefficient (Wildman–Crippen LogP) is 2.90. The Morgan fingerprint density at radius 2 is 2.25 bits per heavy atom. The molecule has 66 valence electrons. The zero-order valence-electron chi connectivity index (χ0n) is 6.47. The Bertz CT molecular complexity index is 259. The van der Waals surface area contributed by atoms with Gasteiger partial charge in [0.25, 0.3) is 0 Å². The Kier molecular flexibility index (Phi) is 3.23. The minimum atomic E-state index is 0.108. The van der Waals surface area contributed by atoms with Crippen LogP contribution in [0.5, 0.6) is 11.5 Å². The molecule has 0 unspecified atom stereocenters. The van der Waals surface area contributed by atoms with E-state index < -0.39 is 0 Å². The Morgan fingerprint density at radius 1 is 1.58 bits per heavy atom. The molecule has 1 aromatic rings. The quantitative estimate of drug-likeness (QED) is 0.819. The Hall–Kier alpha value is -0.410. The fraction of sp³-hybridized carbons (Fsp3) is 0.250. The van der Waals surface area contributed by atoms with Crippen molar-refractivity contribution < 1.29 is 9.84 Å². The highest BCUT2D eigenvalue weighted by atomic mass is 79.9. The molecule has 0 amide bonds. The summed E-state index contributed by atoms with van der Waals surface area (Å²) in [5.41, 5.74) is 0.843. The van der Waals surface area contributed by atoms with Gasteiger partial charge >= 0.3 is 0 Å². The fourth-order valence-corrected chi connectivity index (χ4v) is 1.70. The van der Waals surface area contributed by atoms with Gasteiger partial charge in [-0.3, -0.25) is 0 Å². The van der Waals surface area contributed by atoms with Gasteiger partial charge < -0.3 is 9.84 Å². The summed E-state index contributed by atoms with van der Waals surface area (Å²) in [7, 11) is 1.50. The van der Waals surface area contributed by atoms with Crippen molar-refractivity contribution >= 4 is 27.5 Å². The third kappa shape index (κ3) is 1.84. The van der Waals surface area contributed by atoms with E-state index in [0.29, 0.717) is 11.6 Å². The van der Waals surface area contributed by atoms with Crippen LogP contribution in [0, 0.1) is 0 Å². The summed E-state index contributed by atoms with van der Waals surface area (Å²) >= 11 is 8.92. The standard InChI is InChI=1S/C8H8BrClO2/c1-12-8-3-6(9)5(4-10)2-7(8)11/h2-3,11H,4H2,1H3. The first-order chi connectivity index (χ1) is 5.69. The molecular weight excluding hydrogens is 243 g/mol. The fourth-order valence-electron chi connectivity index (χ4n) is 0.853. The summed E-state index contributed by atoms with van der Waals surface area (Å²) in [6.07, 6.45) is 0. The molecular formula is C8H8BrClO2. The van der Waals surface area contributed by atoms with Gasteiger partial charge in [-0.25, -0.2) is 0 Å². The van der Waals surface area contributed by atoms with E-state index in [4.69, 9.17) is 16.3 Å². The molecule has 0 heterocycles. The number of phenols is 1. The van der Waals surface area contributed by atoms with Gasteiger partial charge in [-0.05, 0) is 17.7 Å². The first kappa shape index (κ1) is 9.68. The molecule has 0 spiro atoms. The topological polar surface area (TPSA) is 29.5 Å². The van der Waals surface area contributed by atoms with E-state index >= 15 is 0 Å². The molecule has 1 aromatic carbocycles. The van der Waals surface area contributed by atoms with Gasteiger partial charge in [0.2, 0.25) is 0 Å². The van der Waals surface area contributed by atoms with Crippen LogP contribution in [-0.4, -0.2) is 12.2 Å². The molecule has 0 radical (unpaired) electrons. The van der Waals surface area contributed by atoms with Crippen molar-refractivity contribution in [2.24, 2.45) is 0 Å². The third-order valence-corrected chi connectivity index (χ3v) is 2.52. The molecule has 0 fully saturated rings. The van der Waals surface area contributed by atoms with Crippen LogP contribution in [0.2, 0.25) is 0 Å². The summed E-state index contributed by atoms with van der Waals surface area (Å²) in [5.74, 6) is 0.907. The number of hydrogen-bond acceptors (Lipinski definition) is 2. The van der Waals surface area contributed by atoms with E-state index in [1.807, 2.05) is 0 Å². The normalized spacial score (nSPS) is 9.92. The lowest BCUT2D eigenvalue weighted by Gasteiger charge is -2.06. The number of hydrogen-bond donors (Lipinski definition) is 1. The average Bonchev–Trinajstić information content (AvgIpc) is 2.08. The summed E-state index contributed by atoms with van der Waals surface area (Å²) < 4.78 is 5.74. The number of rotatable bonds is 2. The monoisotopic (exact) mass is 250 g/mol. The van der Waals surface area contributed by atoms with E-state index in [-0.39, 0.29) is 5.75 Å². The lowest BCUT2D eigenvalue weighted by Crippen LogP contribution is -1.87. The van der Waals surface area contributed by atoms with Crippen molar-refractivity contribution in [1.29, 1.82) is 0 Å². The number of benzene rings is 1. The van der Waals surface area contributed by atoms with Gasteiger partial charge in [0, 0.05) is 10.4 Å². The SMILES string of the molecule is COc1cc(Br)c(CCl)cc1O. The van der Waals surface area contributed by atoms with Gasteiger partial charge in [0.1, 0.15) is 0 Å². The molecule has 0 atom stereocenters. The molecule has 0 aromatic heterocycles. The predicted molar refractivity (Wildman–Crippen MR) is 51.9 cm³/mol. The highest BCUT2D eigenvalue weighted by molar-refractivity contribution is 9.10. The zero-order chi connectivity index (χ0) is 9.14. The minimum absolute atomic E-state index is 0.108. The summed E-state index contributed by atoms with van der Waals surface area (Å²) in [6, 6.07) is 3.27. The summed E-state index contributed by atoms with van der Waals surface area (Å²) in [4.78, 5) is 0. The molecule has 2 nitrogen and oxygen atoms in total. The van der Waals surface area contributed by atoms with Crippen molar-refractivity contribution in [3.8, 4) is 11.5 Å². The van der Waals surface area contributed by atoms with Gasteiger partial charge in [0.05, 0.1) is 7.11 Å². The number of methoxy groups -OCH3 is 1. The van der Waals surface area contributed by atoms with E-state index in [1.165, 1.54) is 7.11 Å². The maximum absolute atomic E-state index is 9.34. The van der Waals surface area contributed by atoms with Crippen molar-refractivity contribution in [3.05, 3.63) is 22.2 Å². The molecule has 0 aliphatic rings. The molecule has 0 aliphatic carbocycles. The van der Waals surface area contributed by atoms with E-state index in [1.54, 1.807) is 12.1 Å². The highest BCUT2D eigenvalue weighted by Crippen LogP contribution is 2.32. The van der Waals surface area contributed by atoms with Gasteiger partial charge in [-0.2, -0.15) is 0 Å². The molecule has 0 saturated carbocycles. The second kappa shape index (κ2) is 4.01. The number of phenolic OH excluding ortho intramolecular Hbond substituents is 1. The van der Waals surface area contributed by atoms with E-state index in [2.05, 4.69) is 15.9 Å². The molecule has 12 heavy (non-hydrogen) atoms. The van der Waals surface area contributed by atoms with Crippen LogP contribution in [0.25, 0.3) is 0 Å². The smallest absolute Gasteiger partial charge is 0.161 e. The van der Waals surface area contributed by atoms with Crippen LogP contribution in [0.15, 0.2) is 16.6 Å². The van der Waals surface area contributed by atoms with Crippen molar-refractivity contribution in [1.82, 2.24) is 0 Å². The Labute approximate surface area is 84.2 Å². The van der Waals surface area contributed by atoms with Crippen LogP contribution in [-0.2, 0) is 5.88 Å². The Balaban J connectivity index is 3.16. The van der Waals surface area contributed by atoms with Gasteiger partial charge in [-0.15, -0.1) is 11.6 Å². The van der Waals surface area contributed by atoms with E-state index in [9.17, 15) is 5.11 Å². The summed E-state index contributed by atoms with van der Waals surface area (Å²) in [5, 5.41) is 9.34. The Morgan fingerprint density at radius 3 is 2.75 bits per heavy atom. The largest absolute Gasteiger partial charge is 0.504 e. The molecule has 1 N–H and O–H groups in total. The number of halogens is 2. The maximum Gasteiger partial charge on any atom is 0.161 e. The molecule has 0 saturated heterocycles. The number of ether oxygens (including phenoxy) is 1. The van der Waals surface area contributed by atoms with Crippen LogP contribution in [0.3, 0.4) is 0 Å². The zero-order valence-corrected chi connectivity index (χ0v) is 8.82. The van der Waals surface area contributed by atoms with Crippen molar-refractivity contribution in [2.75, 3.05) is 7.11 Å². The van der Waals surface area contributed by atoms with Crippen molar-refractivity contribution in [3.63, 3.8) is 0 Å². The first-order valence-electron chi connectivity index (χ1n) is 3.30. The maximum atomic E-state index is 9.34. The van der Waals surface area contributed by atoms with Crippen molar-refractivity contribution in [2.45, 2.75) is 5.88 Å². The summed E-state index contributed by atoms with van der Waals surface area (Å²) in [6.45, 7) is 0. The molecule has 1 rings (SSSR count). The van der Waals surface area contributed by atoms with Gasteiger partial charge in [0.15, 0.2) is 11.5 Å². The highest BCUT2D eigenvalue weighted by Gasteiger charge is 2.06. The average molecular weight is 252 g/mol. The minimum Gasteiger partial charge on any atom is -0.504 e. The second-order valence-corrected chi connectivity index (χ2v) is 3.37. The second-order valence-electron chi connectivity index (χ2n) is 2.25. The van der Waals surface area contributed by atoms with E-state index in [0.717, 1.165) is 10.0 Å². The third-order valence-electron chi connectivity index (χ3n) is 1.49. The van der Waals surface area contributed by atoms with Gasteiger partial charge in [-0.1, -0.05) is 15.9 Å². The van der Waals surface area contributed by atoms with Crippen LogP contribution >= 0.6 is 27.5 Å². The number of aromatic hydroxyl groups is 1. The molecule has 4 heteroatoms. The van der Waals surface area contributed by atoms with Crippen LogP contribution in [0.4, 0.5) is 0 Å². The lowest BCUT2D eigenvalue weighted by molar-refractivity contribution is 0.373. The number of alkyl halides is 1. The first-order valence-corrected chi connectivity index (χ1v) is 4.63.